The largest absolute Gasteiger partial charge is 0.385 e. The van der Waals surface area contributed by atoms with Gasteiger partial charge in [-0.15, -0.1) is 11.3 Å². The van der Waals surface area contributed by atoms with Crippen LogP contribution < -0.4 is 0 Å². The summed E-state index contributed by atoms with van der Waals surface area (Å²) in [4.78, 5) is 11.8. The maximum absolute atomic E-state index is 11.0. The van der Waals surface area contributed by atoms with E-state index in [0.29, 0.717) is 6.42 Å². The van der Waals surface area contributed by atoms with Crippen LogP contribution in [0.15, 0.2) is 11.4 Å². The monoisotopic (exact) mass is 154 g/mol. The SMILES string of the molecule is O=C1c2sccc2CC1O. The van der Waals surface area contributed by atoms with Gasteiger partial charge in [-0.1, -0.05) is 0 Å². The van der Waals surface area contributed by atoms with Crippen molar-refractivity contribution in [1.82, 2.24) is 0 Å². The molecule has 1 aromatic heterocycles. The number of aliphatic hydroxyl groups excluding tert-OH is 1. The first kappa shape index (κ1) is 6.07. The van der Waals surface area contributed by atoms with E-state index in [1.807, 2.05) is 11.4 Å². The molecular formula is C7H6O2S. The van der Waals surface area contributed by atoms with Crippen LogP contribution in [0.3, 0.4) is 0 Å². The number of ketones is 1. The van der Waals surface area contributed by atoms with Crippen LogP contribution in [-0.4, -0.2) is 17.0 Å². The Morgan fingerprint density at radius 1 is 1.70 bits per heavy atom. The molecule has 52 valence electrons. The predicted molar refractivity (Wildman–Crippen MR) is 38.4 cm³/mol. The van der Waals surface area contributed by atoms with Gasteiger partial charge in [-0.2, -0.15) is 0 Å². The van der Waals surface area contributed by atoms with Crippen molar-refractivity contribution in [3.05, 3.63) is 21.9 Å². The third-order valence-corrected chi connectivity index (χ3v) is 2.66. The zero-order valence-electron chi connectivity index (χ0n) is 5.20. The van der Waals surface area contributed by atoms with Gasteiger partial charge in [0.2, 0.25) is 5.78 Å². The van der Waals surface area contributed by atoms with Crippen LogP contribution in [0.5, 0.6) is 0 Å². The topological polar surface area (TPSA) is 37.3 Å². The van der Waals surface area contributed by atoms with Crippen molar-refractivity contribution < 1.29 is 9.90 Å². The molecule has 1 atom stereocenters. The maximum Gasteiger partial charge on any atom is 0.201 e. The van der Waals surface area contributed by atoms with Crippen molar-refractivity contribution in [2.45, 2.75) is 12.5 Å². The lowest BCUT2D eigenvalue weighted by atomic mass is 10.2. The molecule has 1 unspecified atom stereocenters. The number of carbonyl (C=O) groups is 1. The fourth-order valence-corrected chi connectivity index (χ4v) is 2.09. The maximum atomic E-state index is 11.0. The van der Waals surface area contributed by atoms with Crippen LogP contribution >= 0.6 is 11.3 Å². The Bertz CT molecular complexity index is 277. The second-order valence-electron chi connectivity index (χ2n) is 2.36. The minimum Gasteiger partial charge on any atom is -0.385 e. The number of hydrogen-bond acceptors (Lipinski definition) is 3. The molecular weight excluding hydrogens is 148 g/mol. The van der Waals surface area contributed by atoms with Crippen molar-refractivity contribution in [3.63, 3.8) is 0 Å². The van der Waals surface area contributed by atoms with Crippen molar-refractivity contribution in [3.8, 4) is 0 Å². The number of Topliss-reactive ketones (excluding diaryl/α,β-unsaturated/α-hetero) is 1. The Hall–Kier alpha value is -0.670. The summed E-state index contributed by atoms with van der Waals surface area (Å²) in [5.74, 6) is -0.106. The molecule has 0 bridgehead atoms. The van der Waals surface area contributed by atoms with Crippen molar-refractivity contribution in [2.24, 2.45) is 0 Å². The van der Waals surface area contributed by atoms with E-state index in [9.17, 15) is 4.79 Å². The second-order valence-corrected chi connectivity index (χ2v) is 3.28. The van der Waals surface area contributed by atoms with Crippen LogP contribution in [0.1, 0.15) is 15.2 Å². The van der Waals surface area contributed by atoms with E-state index in [1.54, 1.807) is 0 Å². The standard InChI is InChI=1S/C7H6O2S/c8-5-3-4-1-2-10-7(4)6(5)9/h1-2,5,8H,3H2. The zero-order chi connectivity index (χ0) is 7.14. The van der Waals surface area contributed by atoms with Gasteiger partial charge in [0.15, 0.2) is 0 Å². The first-order valence-corrected chi connectivity index (χ1v) is 3.95. The van der Waals surface area contributed by atoms with Gasteiger partial charge in [-0.05, 0) is 17.0 Å². The molecule has 1 heterocycles. The third kappa shape index (κ3) is 0.646. The molecule has 10 heavy (non-hydrogen) atoms. The summed E-state index contributed by atoms with van der Waals surface area (Å²) in [5.41, 5.74) is 1.00. The van der Waals surface area contributed by atoms with Gasteiger partial charge in [-0.3, -0.25) is 4.79 Å². The molecule has 1 N–H and O–H groups in total. The fraction of sp³-hybridized carbons (Fsp3) is 0.286. The summed E-state index contributed by atoms with van der Waals surface area (Å²) in [6.45, 7) is 0. The molecule has 1 aliphatic rings. The lowest BCUT2D eigenvalue weighted by Crippen LogP contribution is -2.13. The zero-order valence-corrected chi connectivity index (χ0v) is 6.02. The molecule has 0 saturated heterocycles. The second kappa shape index (κ2) is 1.90. The van der Waals surface area contributed by atoms with E-state index in [0.717, 1.165) is 10.4 Å². The summed E-state index contributed by atoms with van der Waals surface area (Å²) >= 11 is 1.41. The Balaban J connectivity index is 2.53. The van der Waals surface area contributed by atoms with Crippen molar-refractivity contribution in [1.29, 1.82) is 0 Å². The van der Waals surface area contributed by atoms with Crippen LogP contribution in [0.2, 0.25) is 0 Å². The Kier molecular flexibility index (Phi) is 1.16. The van der Waals surface area contributed by atoms with E-state index in [1.165, 1.54) is 11.3 Å². The summed E-state index contributed by atoms with van der Waals surface area (Å²) in [6, 6.07) is 1.90. The minimum atomic E-state index is -0.762. The summed E-state index contributed by atoms with van der Waals surface area (Å²) < 4.78 is 0. The molecule has 0 saturated carbocycles. The number of thiophene rings is 1. The Morgan fingerprint density at radius 3 is 3.20 bits per heavy atom. The molecule has 0 fully saturated rings. The molecule has 0 aromatic carbocycles. The molecule has 0 amide bonds. The summed E-state index contributed by atoms with van der Waals surface area (Å²) in [5, 5.41) is 10.9. The molecule has 2 nitrogen and oxygen atoms in total. The first-order chi connectivity index (χ1) is 4.79. The molecule has 0 radical (unpaired) electrons. The van der Waals surface area contributed by atoms with Crippen molar-refractivity contribution in [2.75, 3.05) is 0 Å². The Morgan fingerprint density at radius 2 is 2.50 bits per heavy atom. The number of hydrogen-bond donors (Lipinski definition) is 1. The molecule has 0 aliphatic heterocycles. The van der Waals surface area contributed by atoms with Gasteiger partial charge >= 0.3 is 0 Å². The highest BCUT2D eigenvalue weighted by molar-refractivity contribution is 7.12. The van der Waals surface area contributed by atoms with Gasteiger partial charge in [0.25, 0.3) is 0 Å². The molecule has 1 aromatic rings. The fourth-order valence-electron chi connectivity index (χ4n) is 1.16. The van der Waals surface area contributed by atoms with E-state index < -0.39 is 6.10 Å². The highest BCUT2D eigenvalue weighted by atomic mass is 32.1. The smallest absolute Gasteiger partial charge is 0.201 e. The van der Waals surface area contributed by atoms with Gasteiger partial charge in [-0.25, -0.2) is 0 Å². The minimum absolute atomic E-state index is 0.106. The van der Waals surface area contributed by atoms with Gasteiger partial charge < -0.3 is 5.11 Å². The van der Waals surface area contributed by atoms with Gasteiger partial charge in [0, 0.05) is 6.42 Å². The predicted octanol–water partition coefficient (Wildman–Crippen LogP) is 0.848. The molecule has 0 spiro atoms. The van der Waals surface area contributed by atoms with Crippen LogP contribution in [0.25, 0.3) is 0 Å². The number of fused-ring (bicyclic) bond motifs is 1. The lowest BCUT2D eigenvalue weighted by molar-refractivity contribution is 0.0783. The number of carbonyl (C=O) groups excluding carboxylic acids is 1. The van der Waals surface area contributed by atoms with Crippen LogP contribution in [0.4, 0.5) is 0 Å². The van der Waals surface area contributed by atoms with Gasteiger partial charge in [0.1, 0.15) is 6.10 Å². The van der Waals surface area contributed by atoms with E-state index in [2.05, 4.69) is 0 Å². The van der Waals surface area contributed by atoms with E-state index in [4.69, 9.17) is 5.11 Å². The average Bonchev–Trinajstić information content (AvgIpc) is 2.41. The first-order valence-electron chi connectivity index (χ1n) is 3.07. The third-order valence-electron chi connectivity index (χ3n) is 1.69. The van der Waals surface area contributed by atoms with Gasteiger partial charge in [0.05, 0.1) is 4.88 Å². The number of aliphatic hydroxyl groups is 1. The number of rotatable bonds is 0. The van der Waals surface area contributed by atoms with Crippen molar-refractivity contribution >= 4 is 17.1 Å². The average molecular weight is 154 g/mol. The highest BCUT2D eigenvalue weighted by Crippen LogP contribution is 2.26. The summed E-state index contributed by atoms with van der Waals surface area (Å²) in [7, 11) is 0. The normalized spacial score (nSPS) is 23.3. The van der Waals surface area contributed by atoms with Crippen LogP contribution in [-0.2, 0) is 6.42 Å². The molecule has 2 rings (SSSR count). The highest BCUT2D eigenvalue weighted by Gasteiger charge is 2.29. The van der Waals surface area contributed by atoms with E-state index in [-0.39, 0.29) is 5.78 Å². The quantitative estimate of drug-likeness (QED) is 0.601. The lowest BCUT2D eigenvalue weighted by Gasteiger charge is -1.93. The van der Waals surface area contributed by atoms with Crippen LogP contribution in [0, 0.1) is 0 Å². The molecule has 1 aliphatic carbocycles. The summed E-state index contributed by atoms with van der Waals surface area (Å²) in [6.07, 6.45) is -0.250. The molecule has 3 heteroatoms. The Labute approximate surface area is 62.1 Å². The van der Waals surface area contributed by atoms with E-state index >= 15 is 0 Å².